The van der Waals surface area contributed by atoms with Crippen LogP contribution in [0.3, 0.4) is 0 Å². The van der Waals surface area contributed by atoms with Crippen molar-refractivity contribution >= 4 is 21.6 Å². The zero-order valence-electron chi connectivity index (χ0n) is 18.6. The highest BCUT2D eigenvalue weighted by Crippen LogP contribution is 2.27. The number of sulfonamides is 1. The van der Waals surface area contributed by atoms with Gasteiger partial charge in [0.25, 0.3) is 5.91 Å². The smallest absolute Gasteiger partial charge is 0.253 e. The van der Waals surface area contributed by atoms with E-state index < -0.39 is 10.0 Å². The molecule has 4 rings (SSSR count). The highest BCUT2D eigenvalue weighted by molar-refractivity contribution is 7.89. The second-order valence-corrected chi connectivity index (χ2v) is 10.3. The van der Waals surface area contributed by atoms with Gasteiger partial charge >= 0.3 is 0 Å². The maximum Gasteiger partial charge on any atom is 0.253 e. The molecule has 2 fully saturated rings. The lowest BCUT2D eigenvalue weighted by atomic mass is 9.97. The SMILES string of the molecule is O=C(NCCC1=CCCCC1)c1cc(S(=O)(=O)N2CCOCC2)ccc1N1CCOCC1. The van der Waals surface area contributed by atoms with Crippen LogP contribution >= 0.6 is 0 Å². The fourth-order valence-electron chi connectivity index (χ4n) is 4.44. The van der Waals surface area contributed by atoms with E-state index in [-0.39, 0.29) is 10.8 Å². The van der Waals surface area contributed by atoms with Gasteiger partial charge in [-0.15, -0.1) is 0 Å². The van der Waals surface area contributed by atoms with Crippen molar-refractivity contribution in [3.05, 3.63) is 35.4 Å². The van der Waals surface area contributed by atoms with Crippen LogP contribution in [0.25, 0.3) is 0 Å². The summed E-state index contributed by atoms with van der Waals surface area (Å²) in [4.78, 5) is 15.4. The van der Waals surface area contributed by atoms with E-state index >= 15 is 0 Å². The summed E-state index contributed by atoms with van der Waals surface area (Å²) in [7, 11) is -3.68. The summed E-state index contributed by atoms with van der Waals surface area (Å²) in [6.07, 6.45) is 7.79. The third-order valence-electron chi connectivity index (χ3n) is 6.29. The van der Waals surface area contributed by atoms with Crippen molar-refractivity contribution in [3.8, 4) is 0 Å². The molecule has 1 N–H and O–H groups in total. The molecule has 9 heteroatoms. The molecule has 0 atom stereocenters. The summed E-state index contributed by atoms with van der Waals surface area (Å²) >= 11 is 0. The summed E-state index contributed by atoms with van der Waals surface area (Å²) in [6, 6.07) is 4.90. The van der Waals surface area contributed by atoms with Gasteiger partial charge in [0.15, 0.2) is 0 Å². The van der Waals surface area contributed by atoms with Gasteiger partial charge in [-0.25, -0.2) is 8.42 Å². The number of amides is 1. The van der Waals surface area contributed by atoms with Crippen molar-refractivity contribution in [1.29, 1.82) is 0 Å². The minimum Gasteiger partial charge on any atom is -0.379 e. The molecule has 8 nitrogen and oxygen atoms in total. The molecule has 2 aliphatic heterocycles. The lowest BCUT2D eigenvalue weighted by Gasteiger charge is -2.31. The number of nitrogens with zero attached hydrogens (tertiary/aromatic N) is 2. The van der Waals surface area contributed by atoms with Crippen LogP contribution < -0.4 is 10.2 Å². The van der Waals surface area contributed by atoms with Crippen LogP contribution in [0.1, 0.15) is 42.5 Å². The predicted molar refractivity (Wildman–Crippen MR) is 123 cm³/mol. The van der Waals surface area contributed by atoms with E-state index in [1.807, 2.05) is 0 Å². The van der Waals surface area contributed by atoms with Crippen molar-refractivity contribution in [2.24, 2.45) is 0 Å². The topological polar surface area (TPSA) is 88.2 Å². The van der Waals surface area contributed by atoms with E-state index in [1.54, 1.807) is 12.1 Å². The predicted octanol–water partition coefficient (Wildman–Crippen LogP) is 2.16. The fraction of sp³-hybridized carbons (Fsp3) is 0.609. The largest absolute Gasteiger partial charge is 0.379 e. The van der Waals surface area contributed by atoms with Crippen LogP contribution in [0.4, 0.5) is 5.69 Å². The molecule has 0 radical (unpaired) electrons. The molecule has 3 aliphatic rings. The molecular formula is C23H33N3O5S. The molecule has 32 heavy (non-hydrogen) atoms. The van der Waals surface area contributed by atoms with Gasteiger partial charge in [-0.05, 0) is 50.3 Å². The minimum atomic E-state index is -3.68. The quantitative estimate of drug-likeness (QED) is 0.624. The van der Waals surface area contributed by atoms with Gasteiger partial charge in [0.05, 0.1) is 36.9 Å². The lowest BCUT2D eigenvalue weighted by Crippen LogP contribution is -2.41. The number of allylic oxidation sites excluding steroid dienone is 1. The normalized spacial score (nSPS) is 20.6. The van der Waals surface area contributed by atoms with Crippen molar-refractivity contribution in [3.63, 3.8) is 0 Å². The lowest BCUT2D eigenvalue weighted by molar-refractivity contribution is 0.0730. The van der Waals surface area contributed by atoms with Gasteiger partial charge in [-0.3, -0.25) is 4.79 Å². The van der Waals surface area contributed by atoms with Gasteiger partial charge < -0.3 is 19.7 Å². The summed E-state index contributed by atoms with van der Waals surface area (Å²) in [5, 5.41) is 3.02. The first-order valence-electron chi connectivity index (χ1n) is 11.6. The number of nitrogens with one attached hydrogen (secondary N) is 1. The molecule has 176 valence electrons. The highest BCUT2D eigenvalue weighted by Gasteiger charge is 2.29. The summed E-state index contributed by atoms with van der Waals surface area (Å²) < 4.78 is 38.5. The zero-order chi connectivity index (χ0) is 22.4. The van der Waals surface area contributed by atoms with Crippen LogP contribution in [0.15, 0.2) is 34.7 Å². The average Bonchev–Trinajstić information content (AvgIpc) is 2.85. The molecule has 1 aromatic carbocycles. The average molecular weight is 464 g/mol. The van der Waals surface area contributed by atoms with Crippen molar-refractivity contribution < 1.29 is 22.7 Å². The van der Waals surface area contributed by atoms with E-state index in [0.717, 1.165) is 24.9 Å². The number of hydrogen-bond acceptors (Lipinski definition) is 6. The Kier molecular flexibility index (Phi) is 7.83. The van der Waals surface area contributed by atoms with E-state index in [1.165, 1.54) is 28.8 Å². The summed E-state index contributed by atoms with van der Waals surface area (Å²) in [5.41, 5.74) is 2.55. The van der Waals surface area contributed by atoms with Crippen molar-refractivity contribution in [2.45, 2.75) is 37.0 Å². The van der Waals surface area contributed by atoms with Crippen molar-refractivity contribution in [2.75, 3.05) is 64.1 Å². The summed E-state index contributed by atoms with van der Waals surface area (Å²) in [6.45, 7) is 4.47. The van der Waals surface area contributed by atoms with Crippen LogP contribution in [0, 0.1) is 0 Å². The number of carbonyl (C=O) groups excluding carboxylic acids is 1. The summed E-state index contributed by atoms with van der Waals surface area (Å²) in [5.74, 6) is -0.234. The molecule has 1 aliphatic carbocycles. The van der Waals surface area contributed by atoms with E-state index in [2.05, 4.69) is 16.3 Å². The molecule has 0 unspecified atom stereocenters. The Morgan fingerprint density at radius 1 is 1.00 bits per heavy atom. The van der Waals surface area contributed by atoms with Gasteiger partial charge in [-0.2, -0.15) is 4.31 Å². The van der Waals surface area contributed by atoms with Gasteiger partial charge in [0, 0.05) is 38.4 Å². The third-order valence-corrected chi connectivity index (χ3v) is 8.18. The first kappa shape index (κ1) is 23.2. The molecular weight excluding hydrogens is 430 g/mol. The first-order valence-corrected chi connectivity index (χ1v) is 13.0. The Bertz CT molecular complexity index is 935. The molecule has 1 amide bonds. The second-order valence-electron chi connectivity index (χ2n) is 8.41. The maximum atomic E-state index is 13.2. The Hall–Kier alpha value is -1.94. The monoisotopic (exact) mass is 463 g/mol. The van der Waals surface area contributed by atoms with Crippen molar-refractivity contribution in [1.82, 2.24) is 9.62 Å². The Morgan fingerprint density at radius 2 is 1.72 bits per heavy atom. The molecule has 1 aromatic rings. The minimum absolute atomic E-state index is 0.150. The van der Waals surface area contributed by atoms with Crippen LogP contribution in [-0.2, 0) is 19.5 Å². The Labute approximate surface area is 190 Å². The molecule has 0 aromatic heterocycles. The zero-order valence-corrected chi connectivity index (χ0v) is 19.4. The number of rotatable bonds is 7. The van der Waals surface area contributed by atoms with Gasteiger partial charge in [0.2, 0.25) is 10.0 Å². The molecule has 2 saturated heterocycles. The van der Waals surface area contributed by atoms with Crippen LogP contribution in [0.2, 0.25) is 0 Å². The first-order chi connectivity index (χ1) is 15.6. The molecule has 0 bridgehead atoms. The number of carbonyl (C=O) groups is 1. The number of anilines is 1. The van der Waals surface area contributed by atoms with Gasteiger partial charge in [0.1, 0.15) is 0 Å². The molecule has 2 heterocycles. The standard InChI is InChI=1S/C23H33N3O5S/c27-23(24-9-8-19-4-2-1-3-5-19)21-18-20(32(28,29)26-12-16-31-17-13-26)6-7-22(21)25-10-14-30-15-11-25/h4,6-7,18H,1-3,5,8-17H2,(H,24,27). The number of benzene rings is 1. The van der Waals surface area contributed by atoms with E-state index in [4.69, 9.17) is 9.47 Å². The molecule has 0 spiro atoms. The third kappa shape index (κ3) is 5.51. The number of morpholine rings is 2. The Balaban J connectivity index is 1.55. The van der Waals surface area contributed by atoms with E-state index in [9.17, 15) is 13.2 Å². The molecule has 0 saturated carbocycles. The maximum absolute atomic E-state index is 13.2. The number of ether oxygens (including phenoxy) is 2. The van der Waals surface area contributed by atoms with Crippen LogP contribution in [-0.4, -0.2) is 77.8 Å². The highest BCUT2D eigenvalue weighted by atomic mass is 32.2. The van der Waals surface area contributed by atoms with Crippen LogP contribution in [0.5, 0.6) is 0 Å². The number of hydrogen-bond donors (Lipinski definition) is 1. The second kappa shape index (κ2) is 10.8. The Morgan fingerprint density at radius 3 is 2.41 bits per heavy atom. The van der Waals surface area contributed by atoms with E-state index in [0.29, 0.717) is 64.7 Å². The fourth-order valence-corrected chi connectivity index (χ4v) is 5.87. The van der Waals surface area contributed by atoms with Gasteiger partial charge in [-0.1, -0.05) is 11.6 Å².